The number of hydrogen-bond acceptors (Lipinski definition) is 7. The lowest BCUT2D eigenvalue weighted by Crippen LogP contribution is -2.39. The topological polar surface area (TPSA) is 119 Å². The molecule has 4 aliphatic rings. The fourth-order valence-electron chi connectivity index (χ4n) is 5.73. The third kappa shape index (κ3) is 2.97. The Kier molecular flexibility index (Phi) is 4.77. The monoisotopic (exact) mass is 449 g/mol. The third-order valence-corrected chi connectivity index (χ3v) is 7.24. The molecule has 2 N–H and O–H groups in total. The average molecular weight is 449 g/mol. The number of Topliss-reactive ketones (excluding diaryl/α,β-unsaturated/α-hetero) is 1. The lowest BCUT2D eigenvalue weighted by atomic mass is 9.59. The number of ether oxygens (including phenoxy) is 2. The zero-order valence-corrected chi connectivity index (χ0v) is 18.4. The van der Waals surface area contributed by atoms with Crippen LogP contribution >= 0.6 is 0 Å². The van der Waals surface area contributed by atoms with Gasteiger partial charge in [0.2, 0.25) is 17.6 Å². The van der Waals surface area contributed by atoms with Gasteiger partial charge in [-0.1, -0.05) is 11.6 Å². The molecule has 1 saturated heterocycles. The molecular weight excluding hydrogens is 426 g/mol. The van der Waals surface area contributed by atoms with Gasteiger partial charge in [-0.15, -0.1) is 0 Å². The quantitative estimate of drug-likeness (QED) is 0.412. The van der Waals surface area contributed by atoms with Crippen LogP contribution < -0.4 is 14.8 Å². The second-order valence-electron chi connectivity index (χ2n) is 8.86. The second kappa shape index (κ2) is 7.43. The molecule has 0 radical (unpaired) electrons. The molecule has 4 atom stereocenters. The molecule has 170 valence electrons. The first kappa shape index (κ1) is 21.2. The van der Waals surface area contributed by atoms with Crippen molar-refractivity contribution in [2.75, 3.05) is 14.2 Å². The van der Waals surface area contributed by atoms with Gasteiger partial charge in [-0.3, -0.25) is 24.5 Å². The largest absolute Gasteiger partial charge is 0.502 e. The summed E-state index contributed by atoms with van der Waals surface area (Å²) in [6, 6.07) is 3.24. The molecule has 1 heterocycles. The van der Waals surface area contributed by atoms with E-state index in [9.17, 15) is 24.3 Å². The third-order valence-electron chi connectivity index (χ3n) is 7.24. The summed E-state index contributed by atoms with van der Waals surface area (Å²) >= 11 is 0. The minimum absolute atomic E-state index is 0.165. The van der Waals surface area contributed by atoms with Gasteiger partial charge in [-0.2, -0.15) is 0 Å². The lowest BCUT2D eigenvalue weighted by Gasteiger charge is -2.42. The first-order valence-corrected chi connectivity index (χ1v) is 10.8. The SMILES string of the molecule is COc1cc([C@H]2C3=CC[C@@H]4C(=O)NC(=O)[C@@H]4[C@@H]3CC3=C2C(=O)C(C)=CC3=O)cc(OC)c1O. The van der Waals surface area contributed by atoms with Crippen LogP contribution in [-0.2, 0) is 19.2 Å². The van der Waals surface area contributed by atoms with Crippen LogP contribution in [0.25, 0.3) is 0 Å². The smallest absolute Gasteiger partial charge is 0.231 e. The van der Waals surface area contributed by atoms with E-state index in [4.69, 9.17) is 9.47 Å². The molecule has 0 aromatic heterocycles. The van der Waals surface area contributed by atoms with Crippen molar-refractivity contribution in [3.63, 3.8) is 0 Å². The highest BCUT2D eigenvalue weighted by Gasteiger charge is 2.53. The molecule has 0 unspecified atom stereocenters. The summed E-state index contributed by atoms with van der Waals surface area (Å²) in [4.78, 5) is 51.4. The maximum atomic E-state index is 13.3. The van der Waals surface area contributed by atoms with Crippen molar-refractivity contribution in [3.8, 4) is 17.2 Å². The Morgan fingerprint density at radius 1 is 1.00 bits per heavy atom. The minimum Gasteiger partial charge on any atom is -0.502 e. The number of phenols is 1. The number of hydrogen-bond donors (Lipinski definition) is 2. The standard InChI is InChI=1S/C25H23NO7/c1-10-6-16(27)15-9-14-12(4-5-13-20(14)25(31)26-24(13)30)19(21(15)22(10)28)11-7-17(32-2)23(29)18(8-11)33-3/h4,6-8,13-14,19-20,29H,5,9H2,1-3H3,(H,26,30,31)/t13-,14+,19-,20-/m0/s1. The lowest BCUT2D eigenvalue weighted by molar-refractivity contribution is -0.126. The van der Waals surface area contributed by atoms with Crippen molar-refractivity contribution in [1.29, 1.82) is 0 Å². The van der Waals surface area contributed by atoms with Gasteiger partial charge in [0.15, 0.2) is 23.1 Å². The number of carbonyl (C=O) groups is 4. The van der Waals surface area contributed by atoms with Gasteiger partial charge in [0.25, 0.3) is 0 Å². The Bertz CT molecular complexity index is 1210. The van der Waals surface area contributed by atoms with Crippen molar-refractivity contribution >= 4 is 23.4 Å². The zero-order valence-electron chi connectivity index (χ0n) is 18.4. The first-order chi connectivity index (χ1) is 15.8. The maximum Gasteiger partial charge on any atom is 0.231 e. The minimum atomic E-state index is -0.633. The normalized spacial score (nSPS) is 28.5. The van der Waals surface area contributed by atoms with Gasteiger partial charge in [0.05, 0.1) is 26.1 Å². The number of fused-ring (bicyclic) bond motifs is 3. The van der Waals surface area contributed by atoms with Gasteiger partial charge >= 0.3 is 0 Å². The molecule has 2 amide bonds. The molecule has 1 fully saturated rings. The van der Waals surface area contributed by atoms with Crippen LogP contribution in [0, 0.1) is 17.8 Å². The number of rotatable bonds is 3. The second-order valence-corrected chi connectivity index (χ2v) is 8.86. The van der Waals surface area contributed by atoms with E-state index in [0.717, 1.165) is 5.57 Å². The van der Waals surface area contributed by atoms with Crippen molar-refractivity contribution in [3.05, 3.63) is 52.1 Å². The van der Waals surface area contributed by atoms with Crippen LogP contribution in [0.3, 0.4) is 0 Å². The van der Waals surface area contributed by atoms with E-state index >= 15 is 0 Å². The number of methoxy groups -OCH3 is 2. The summed E-state index contributed by atoms with van der Waals surface area (Å²) in [6.07, 6.45) is 3.86. The summed E-state index contributed by atoms with van der Waals surface area (Å²) in [5, 5.41) is 12.8. The average Bonchev–Trinajstić information content (AvgIpc) is 3.10. The Labute approximate surface area is 189 Å². The first-order valence-electron chi connectivity index (χ1n) is 10.8. The van der Waals surface area contributed by atoms with E-state index < -0.39 is 23.7 Å². The predicted molar refractivity (Wildman–Crippen MR) is 116 cm³/mol. The van der Waals surface area contributed by atoms with E-state index in [2.05, 4.69) is 5.32 Å². The fraction of sp³-hybridized carbons (Fsp3) is 0.360. The Hall–Kier alpha value is -3.68. The summed E-state index contributed by atoms with van der Waals surface area (Å²) in [5.41, 5.74) is 2.52. The molecule has 0 spiro atoms. The number of imide groups is 1. The number of nitrogens with one attached hydrogen (secondary N) is 1. The van der Waals surface area contributed by atoms with E-state index in [-0.39, 0.29) is 47.1 Å². The van der Waals surface area contributed by atoms with Gasteiger partial charge in [0, 0.05) is 22.6 Å². The van der Waals surface area contributed by atoms with Crippen molar-refractivity contribution in [2.45, 2.75) is 25.7 Å². The molecule has 0 bridgehead atoms. The van der Waals surface area contributed by atoms with Gasteiger partial charge in [-0.05, 0) is 49.5 Å². The zero-order chi connectivity index (χ0) is 23.6. The molecule has 5 rings (SSSR count). The number of aromatic hydroxyl groups is 1. The van der Waals surface area contributed by atoms with Crippen LogP contribution in [0.5, 0.6) is 17.2 Å². The van der Waals surface area contributed by atoms with E-state index in [1.165, 1.54) is 20.3 Å². The van der Waals surface area contributed by atoms with Crippen LogP contribution in [-0.4, -0.2) is 42.7 Å². The van der Waals surface area contributed by atoms with Crippen LogP contribution in [0.15, 0.2) is 46.6 Å². The highest BCUT2D eigenvalue weighted by molar-refractivity contribution is 6.23. The predicted octanol–water partition coefficient (Wildman–Crippen LogP) is 2.13. The highest BCUT2D eigenvalue weighted by atomic mass is 16.5. The molecule has 1 aromatic carbocycles. The van der Waals surface area contributed by atoms with Crippen LogP contribution in [0.2, 0.25) is 0 Å². The van der Waals surface area contributed by atoms with Crippen LogP contribution in [0.4, 0.5) is 0 Å². The summed E-state index contributed by atoms with van der Waals surface area (Å²) in [6.45, 7) is 1.61. The van der Waals surface area contributed by atoms with Crippen molar-refractivity contribution in [1.82, 2.24) is 5.32 Å². The van der Waals surface area contributed by atoms with Crippen LogP contribution in [0.1, 0.15) is 31.2 Å². The summed E-state index contributed by atoms with van der Waals surface area (Å²) < 4.78 is 10.6. The number of phenolic OH excluding ortho intramolecular Hbond substituents is 1. The van der Waals surface area contributed by atoms with Gasteiger partial charge in [-0.25, -0.2) is 0 Å². The number of benzene rings is 1. The number of amides is 2. The summed E-state index contributed by atoms with van der Waals surface area (Å²) in [5.74, 6) is -3.07. The van der Waals surface area contributed by atoms with Crippen molar-refractivity contribution < 1.29 is 33.8 Å². The van der Waals surface area contributed by atoms with Crippen molar-refractivity contribution in [2.24, 2.45) is 17.8 Å². The molecule has 8 heteroatoms. The van der Waals surface area contributed by atoms with E-state index in [1.54, 1.807) is 19.1 Å². The van der Waals surface area contributed by atoms with Gasteiger partial charge in [0.1, 0.15) is 0 Å². The number of ketones is 2. The summed E-state index contributed by atoms with van der Waals surface area (Å²) in [7, 11) is 2.82. The Morgan fingerprint density at radius 3 is 2.30 bits per heavy atom. The Morgan fingerprint density at radius 2 is 1.67 bits per heavy atom. The fourth-order valence-corrected chi connectivity index (χ4v) is 5.73. The molecule has 0 saturated carbocycles. The number of allylic oxidation sites excluding steroid dienone is 6. The van der Waals surface area contributed by atoms with E-state index in [0.29, 0.717) is 28.7 Å². The van der Waals surface area contributed by atoms with Gasteiger partial charge < -0.3 is 14.6 Å². The maximum absolute atomic E-state index is 13.3. The number of carbonyl (C=O) groups excluding carboxylic acids is 4. The highest BCUT2D eigenvalue weighted by Crippen LogP contribution is 2.55. The molecule has 8 nitrogen and oxygen atoms in total. The molecule has 1 aliphatic heterocycles. The van der Waals surface area contributed by atoms with E-state index in [1.807, 2.05) is 6.08 Å². The molecule has 3 aliphatic carbocycles. The Balaban J connectivity index is 1.75. The molecular formula is C25H23NO7. The molecule has 33 heavy (non-hydrogen) atoms. The molecule has 1 aromatic rings.